The van der Waals surface area contributed by atoms with Gasteiger partial charge in [-0.1, -0.05) is 48.5 Å². The Morgan fingerprint density at radius 2 is 1.79 bits per heavy atom. The summed E-state index contributed by atoms with van der Waals surface area (Å²) in [4.78, 5) is 33.9. The highest BCUT2D eigenvalue weighted by atomic mass is 16.5. The summed E-state index contributed by atoms with van der Waals surface area (Å²) in [7, 11) is 0. The third-order valence-corrected chi connectivity index (χ3v) is 6.44. The zero-order chi connectivity index (χ0) is 22.6. The number of nitrogens with zero attached hydrogens (tertiary/aromatic N) is 4. The number of hydrogen-bond donors (Lipinski definition) is 0. The van der Waals surface area contributed by atoms with Crippen molar-refractivity contribution in [1.82, 2.24) is 19.4 Å². The van der Waals surface area contributed by atoms with Gasteiger partial charge in [0.1, 0.15) is 11.9 Å². The molecular formula is C26H28N4O3. The maximum Gasteiger partial charge on any atom is 0.339 e. The van der Waals surface area contributed by atoms with Gasteiger partial charge in [-0.3, -0.25) is 9.69 Å². The van der Waals surface area contributed by atoms with Crippen molar-refractivity contribution in [2.75, 3.05) is 26.2 Å². The van der Waals surface area contributed by atoms with E-state index in [9.17, 15) is 9.59 Å². The van der Waals surface area contributed by atoms with Crippen LogP contribution in [-0.2, 0) is 22.6 Å². The Hall–Kier alpha value is -3.45. The van der Waals surface area contributed by atoms with Crippen LogP contribution in [-0.4, -0.2) is 57.4 Å². The fraction of sp³-hybridized carbons (Fsp3) is 0.346. The van der Waals surface area contributed by atoms with Crippen LogP contribution in [0.5, 0.6) is 0 Å². The Bertz CT molecular complexity index is 1130. The lowest BCUT2D eigenvalue weighted by Crippen LogP contribution is -2.36. The fourth-order valence-corrected chi connectivity index (χ4v) is 4.65. The van der Waals surface area contributed by atoms with Gasteiger partial charge in [-0.25, -0.2) is 9.78 Å². The number of rotatable bonds is 6. The van der Waals surface area contributed by atoms with E-state index in [2.05, 4.69) is 38.7 Å². The summed E-state index contributed by atoms with van der Waals surface area (Å²) in [6.07, 6.45) is 4.51. The van der Waals surface area contributed by atoms with Crippen molar-refractivity contribution in [3.05, 3.63) is 89.5 Å². The normalized spacial score (nSPS) is 18.6. The number of benzene rings is 2. The predicted octanol–water partition coefficient (Wildman–Crippen LogP) is 3.27. The molecule has 5 rings (SSSR count). The lowest BCUT2D eigenvalue weighted by molar-refractivity contribution is -0.133. The number of aromatic nitrogens is 2. The molecule has 7 nitrogen and oxygen atoms in total. The summed E-state index contributed by atoms with van der Waals surface area (Å²) >= 11 is 0. The average Bonchev–Trinajstić information content (AvgIpc) is 3.30. The SMILES string of the molecule is O=C1OC(CC(=O)N2CCCN(Cc3nccn3Cc3ccccc3)CC2)c2ccccc21. The van der Waals surface area contributed by atoms with Crippen LogP contribution >= 0.6 is 0 Å². The van der Waals surface area contributed by atoms with Gasteiger partial charge in [-0.15, -0.1) is 0 Å². The molecule has 0 saturated carbocycles. The van der Waals surface area contributed by atoms with Crippen LogP contribution < -0.4 is 0 Å². The van der Waals surface area contributed by atoms with Gasteiger partial charge in [0, 0.05) is 50.7 Å². The largest absolute Gasteiger partial charge is 0.453 e. The zero-order valence-electron chi connectivity index (χ0n) is 18.6. The van der Waals surface area contributed by atoms with Crippen molar-refractivity contribution in [3.8, 4) is 0 Å². The number of imidazole rings is 1. The van der Waals surface area contributed by atoms with Crippen LogP contribution in [0.1, 0.15) is 46.3 Å². The quantitative estimate of drug-likeness (QED) is 0.546. The number of carbonyl (C=O) groups excluding carboxylic acids is 2. The maximum absolute atomic E-state index is 13.0. The molecule has 3 aromatic rings. The van der Waals surface area contributed by atoms with Crippen molar-refractivity contribution in [1.29, 1.82) is 0 Å². The van der Waals surface area contributed by atoms with Crippen LogP contribution in [0.3, 0.4) is 0 Å². The first kappa shape index (κ1) is 21.4. The zero-order valence-corrected chi connectivity index (χ0v) is 18.6. The molecule has 2 aliphatic heterocycles. The molecule has 170 valence electrons. The first-order chi connectivity index (χ1) is 16.2. The van der Waals surface area contributed by atoms with E-state index in [1.807, 2.05) is 41.6 Å². The van der Waals surface area contributed by atoms with E-state index in [1.54, 1.807) is 6.07 Å². The average molecular weight is 445 g/mol. The minimum atomic E-state index is -0.481. The number of esters is 1. The number of ether oxygens (including phenoxy) is 1. The Kier molecular flexibility index (Phi) is 6.21. The fourth-order valence-electron chi connectivity index (χ4n) is 4.65. The Balaban J connectivity index is 1.17. The van der Waals surface area contributed by atoms with E-state index in [-0.39, 0.29) is 18.3 Å². The van der Waals surface area contributed by atoms with Gasteiger partial charge in [-0.2, -0.15) is 0 Å². The van der Waals surface area contributed by atoms with Crippen LogP contribution in [0, 0.1) is 0 Å². The first-order valence-electron chi connectivity index (χ1n) is 11.5. The summed E-state index contributed by atoms with van der Waals surface area (Å²) in [5.41, 5.74) is 2.64. The van der Waals surface area contributed by atoms with Crippen molar-refractivity contribution in [3.63, 3.8) is 0 Å². The molecule has 7 heteroatoms. The third kappa shape index (κ3) is 4.83. The van der Waals surface area contributed by atoms with E-state index in [4.69, 9.17) is 4.74 Å². The molecule has 0 aliphatic carbocycles. The molecule has 1 amide bonds. The summed E-state index contributed by atoms with van der Waals surface area (Å²) in [6.45, 7) is 4.66. The molecular weight excluding hydrogens is 416 g/mol. The minimum Gasteiger partial charge on any atom is -0.453 e. The maximum atomic E-state index is 13.0. The molecule has 2 aromatic carbocycles. The predicted molar refractivity (Wildman–Crippen MR) is 123 cm³/mol. The molecule has 0 N–H and O–H groups in total. The second-order valence-electron chi connectivity index (χ2n) is 8.65. The minimum absolute atomic E-state index is 0.0388. The van der Waals surface area contributed by atoms with Crippen molar-refractivity contribution in [2.24, 2.45) is 0 Å². The topological polar surface area (TPSA) is 67.7 Å². The number of hydrogen-bond acceptors (Lipinski definition) is 5. The molecule has 1 fully saturated rings. The van der Waals surface area contributed by atoms with E-state index in [0.717, 1.165) is 50.5 Å². The highest BCUT2D eigenvalue weighted by Crippen LogP contribution is 2.33. The number of cyclic esters (lactones) is 1. The van der Waals surface area contributed by atoms with Crippen LogP contribution in [0.25, 0.3) is 0 Å². The van der Waals surface area contributed by atoms with Crippen LogP contribution in [0.4, 0.5) is 0 Å². The molecule has 1 aromatic heterocycles. The number of fused-ring (bicyclic) bond motifs is 1. The second kappa shape index (κ2) is 9.58. The summed E-state index contributed by atoms with van der Waals surface area (Å²) < 4.78 is 7.66. The van der Waals surface area contributed by atoms with Gasteiger partial charge in [0.25, 0.3) is 0 Å². The molecule has 1 unspecified atom stereocenters. The van der Waals surface area contributed by atoms with Crippen LogP contribution in [0.15, 0.2) is 67.0 Å². The van der Waals surface area contributed by atoms with Crippen molar-refractivity contribution < 1.29 is 14.3 Å². The number of carbonyl (C=O) groups is 2. The molecule has 3 heterocycles. The molecule has 0 radical (unpaired) electrons. The molecule has 1 saturated heterocycles. The standard InChI is InChI=1S/C26H28N4O3/c31-25(17-23-21-9-4-5-10-22(21)26(32)33-23)29-13-6-12-28(15-16-29)19-24-27-11-14-30(24)18-20-7-2-1-3-8-20/h1-5,7-11,14,23H,6,12-13,15-19H2. The van der Waals surface area contributed by atoms with Gasteiger partial charge >= 0.3 is 5.97 Å². The van der Waals surface area contributed by atoms with Gasteiger partial charge in [0.15, 0.2) is 0 Å². The second-order valence-corrected chi connectivity index (χ2v) is 8.65. The van der Waals surface area contributed by atoms with Gasteiger partial charge in [0.2, 0.25) is 5.91 Å². The molecule has 33 heavy (non-hydrogen) atoms. The van der Waals surface area contributed by atoms with Crippen LogP contribution in [0.2, 0.25) is 0 Å². The summed E-state index contributed by atoms with van der Waals surface area (Å²) in [5.74, 6) is 0.737. The highest BCUT2D eigenvalue weighted by Gasteiger charge is 2.33. The Morgan fingerprint density at radius 3 is 2.67 bits per heavy atom. The Labute approximate surface area is 193 Å². The lowest BCUT2D eigenvalue weighted by Gasteiger charge is -2.23. The lowest BCUT2D eigenvalue weighted by atomic mass is 10.0. The van der Waals surface area contributed by atoms with Crippen molar-refractivity contribution >= 4 is 11.9 Å². The Morgan fingerprint density at radius 1 is 0.970 bits per heavy atom. The van der Waals surface area contributed by atoms with E-state index < -0.39 is 6.10 Å². The van der Waals surface area contributed by atoms with E-state index in [1.165, 1.54) is 5.56 Å². The van der Waals surface area contributed by atoms with Crippen molar-refractivity contribution in [2.45, 2.75) is 32.0 Å². The van der Waals surface area contributed by atoms with E-state index >= 15 is 0 Å². The van der Waals surface area contributed by atoms with Gasteiger partial charge in [0.05, 0.1) is 18.5 Å². The van der Waals surface area contributed by atoms with Gasteiger partial charge in [-0.05, 0) is 18.1 Å². The third-order valence-electron chi connectivity index (χ3n) is 6.44. The summed E-state index contributed by atoms with van der Waals surface area (Å²) in [6, 6.07) is 17.7. The van der Waals surface area contributed by atoms with E-state index in [0.29, 0.717) is 12.1 Å². The molecule has 1 atom stereocenters. The molecule has 2 aliphatic rings. The molecule has 0 bridgehead atoms. The smallest absolute Gasteiger partial charge is 0.339 e. The highest BCUT2D eigenvalue weighted by molar-refractivity contribution is 5.94. The summed E-state index contributed by atoms with van der Waals surface area (Å²) in [5, 5.41) is 0. The first-order valence-corrected chi connectivity index (χ1v) is 11.5. The number of amides is 1. The molecule has 0 spiro atoms. The monoisotopic (exact) mass is 444 g/mol. The van der Waals surface area contributed by atoms with Gasteiger partial charge < -0.3 is 14.2 Å².